The molecule has 6 nitrogen and oxygen atoms in total. The van der Waals surface area contributed by atoms with Crippen molar-refractivity contribution in [1.82, 2.24) is 20.3 Å². The van der Waals surface area contributed by atoms with Crippen molar-refractivity contribution >= 4 is 16.9 Å². The van der Waals surface area contributed by atoms with Gasteiger partial charge in [-0.25, -0.2) is 4.98 Å². The summed E-state index contributed by atoms with van der Waals surface area (Å²) in [6.07, 6.45) is 6.76. The molecule has 0 spiro atoms. The van der Waals surface area contributed by atoms with Gasteiger partial charge in [0, 0.05) is 19.0 Å². The number of nitrogens with zero attached hydrogens (tertiary/aromatic N) is 2. The predicted molar refractivity (Wildman–Crippen MR) is 89.5 cm³/mol. The number of pyridine rings is 1. The Morgan fingerprint density at radius 3 is 3.00 bits per heavy atom. The van der Waals surface area contributed by atoms with E-state index >= 15 is 0 Å². The van der Waals surface area contributed by atoms with E-state index in [9.17, 15) is 4.79 Å². The van der Waals surface area contributed by atoms with E-state index in [-0.39, 0.29) is 18.1 Å². The Labute approximate surface area is 139 Å². The molecule has 24 heavy (non-hydrogen) atoms. The first-order valence-corrected chi connectivity index (χ1v) is 8.07. The zero-order valence-electron chi connectivity index (χ0n) is 13.1. The van der Waals surface area contributed by atoms with E-state index in [1.807, 2.05) is 24.3 Å². The number of benzene rings is 1. The summed E-state index contributed by atoms with van der Waals surface area (Å²) in [6, 6.07) is 9.36. The number of aromatic nitrogens is 3. The number of imidazole rings is 1. The van der Waals surface area contributed by atoms with Crippen LogP contribution in [0, 0.1) is 0 Å². The average molecular weight is 322 g/mol. The third-order valence-electron chi connectivity index (χ3n) is 4.37. The fourth-order valence-corrected chi connectivity index (χ4v) is 3.21. The van der Waals surface area contributed by atoms with Crippen LogP contribution in [0.1, 0.15) is 34.9 Å². The molecule has 2 aromatic heterocycles. The van der Waals surface area contributed by atoms with Crippen LogP contribution in [0.2, 0.25) is 0 Å². The van der Waals surface area contributed by atoms with Crippen LogP contribution in [0.4, 0.5) is 0 Å². The van der Waals surface area contributed by atoms with Crippen molar-refractivity contribution < 1.29 is 9.53 Å². The van der Waals surface area contributed by atoms with Gasteiger partial charge in [0.05, 0.1) is 23.4 Å². The molecule has 0 bridgehead atoms. The summed E-state index contributed by atoms with van der Waals surface area (Å²) in [6.45, 7) is 0.703. The molecule has 1 fully saturated rings. The fourth-order valence-electron chi connectivity index (χ4n) is 3.21. The van der Waals surface area contributed by atoms with E-state index in [4.69, 9.17) is 4.74 Å². The maximum absolute atomic E-state index is 12.8. The molecule has 2 N–H and O–H groups in total. The number of amides is 1. The van der Waals surface area contributed by atoms with Gasteiger partial charge in [-0.15, -0.1) is 0 Å². The molecule has 6 heteroatoms. The lowest BCUT2D eigenvalue weighted by atomic mass is 9.96. The second kappa shape index (κ2) is 6.41. The molecule has 1 saturated heterocycles. The van der Waals surface area contributed by atoms with Crippen LogP contribution < -0.4 is 5.32 Å². The number of carbonyl (C=O) groups is 1. The Balaban J connectivity index is 1.58. The van der Waals surface area contributed by atoms with E-state index < -0.39 is 0 Å². The molecule has 122 valence electrons. The summed E-state index contributed by atoms with van der Waals surface area (Å²) in [5.74, 6) is -0.123. The number of rotatable bonds is 3. The van der Waals surface area contributed by atoms with Gasteiger partial charge >= 0.3 is 0 Å². The molecule has 3 heterocycles. The zero-order valence-corrected chi connectivity index (χ0v) is 13.1. The molecular formula is C18H18N4O2. The molecule has 3 aromatic rings. The van der Waals surface area contributed by atoms with Gasteiger partial charge in [-0.05, 0) is 42.7 Å². The number of hydrogen-bond donors (Lipinski definition) is 2. The summed E-state index contributed by atoms with van der Waals surface area (Å²) in [7, 11) is 0. The van der Waals surface area contributed by atoms with Crippen molar-refractivity contribution in [2.24, 2.45) is 0 Å². The molecule has 0 radical (unpaired) electrons. The first-order chi connectivity index (χ1) is 11.8. The number of H-pyrrole nitrogens is 1. The monoisotopic (exact) mass is 322 g/mol. The second-order valence-corrected chi connectivity index (χ2v) is 5.90. The van der Waals surface area contributed by atoms with E-state index in [0.29, 0.717) is 17.7 Å². The van der Waals surface area contributed by atoms with Crippen LogP contribution in [0.3, 0.4) is 0 Å². The van der Waals surface area contributed by atoms with Crippen LogP contribution in [-0.4, -0.2) is 33.5 Å². The number of nitrogens with one attached hydrogen (secondary N) is 2. The lowest BCUT2D eigenvalue weighted by Crippen LogP contribution is -2.42. The Bertz CT molecular complexity index is 846. The van der Waals surface area contributed by atoms with E-state index in [1.54, 1.807) is 24.8 Å². The summed E-state index contributed by atoms with van der Waals surface area (Å²) in [4.78, 5) is 24.1. The first-order valence-electron chi connectivity index (χ1n) is 8.07. The molecule has 1 aliphatic rings. The molecule has 1 aromatic carbocycles. The van der Waals surface area contributed by atoms with Gasteiger partial charge < -0.3 is 15.0 Å². The van der Waals surface area contributed by atoms with Gasteiger partial charge in [-0.2, -0.15) is 0 Å². The van der Waals surface area contributed by atoms with Crippen molar-refractivity contribution in [2.45, 2.75) is 25.0 Å². The van der Waals surface area contributed by atoms with Gasteiger partial charge in [0.1, 0.15) is 11.6 Å². The van der Waals surface area contributed by atoms with Gasteiger partial charge in [0.25, 0.3) is 5.91 Å². The number of fused-ring (bicyclic) bond motifs is 1. The Morgan fingerprint density at radius 2 is 2.12 bits per heavy atom. The minimum Gasteiger partial charge on any atom is -0.371 e. The molecule has 1 aliphatic heterocycles. The smallest absolute Gasteiger partial charge is 0.253 e. The number of aromatic amines is 1. The summed E-state index contributed by atoms with van der Waals surface area (Å²) in [5.41, 5.74) is 3.15. The summed E-state index contributed by atoms with van der Waals surface area (Å²) in [5, 5.41) is 3.13. The molecule has 0 aliphatic carbocycles. The summed E-state index contributed by atoms with van der Waals surface area (Å²) >= 11 is 0. The molecule has 0 unspecified atom stereocenters. The molecule has 4 rings (SSSR count). The Morgan fingerprint density at radius 1 is 1.25 bits per heavy atom. The quantitative estimate of drug-likeness (QED) is 0.777. The van der Waals surface area contributed by atoms with Gasteiger partial charge in [-0.3, -0.25) is 9.78 Å². The van der Waals surface area contributed by atoms with Crippen molar-refractivity contribution in [3.8, 4) is 0 Å². The highest BCUT2D eigenvalue weighted by Crippen LogP contribution is 2.28. The average Bonchev–Trinajstić information content (AvgIpc) is 3.11. The minimum atomic E-state index is -0.149. The van der Waals surface area contributed by atoms with Crippen molar-refractivity contribution in [2.75, 3.05) is 6.61 Å². The maximum Gasteiger partial charge on any atom is 0.253 e. The topological polar surface area (TPSA) is 79.9 Å². The van der Waals surface area contributed by atoms with Gasteiger partial charge in [-0.1, -0.05) is 6.07 Å². The van der Waals surface area contributed by atoms with E-state index in [2.05, 4.69) is 20.3 Å². The minimum absolute atomic E-state index is 0.0668. The van der Waals surface area contributed by atoms with Crippen molar-refractivity contribution in [1.29, 1.82) is 0 Å². The molecule has 0 saturated carbocycles. The second-order valence-electron chi connectivity index (χ2n) is 5.90. The Kier molecular flexibility index (Phi) is 3.96. The van der Waals surface area contributed by atoms with Crippen molar-refractivity contribution in [3.63, 3.8) is 0 Å². The lowest BCUT2D eigenvalue weighted by Gasteiger charge is -2.32. The van der Waals surface area contributed by atoms with Crippen LogP contribution >= 0.6 is 0 Å². The largest absolute Gasteiger partial charge is 0.371 e. The molecule has 1 amide bonds. The Hall–Kier alpha value is -2.73. The highest BCUT2D eigenvalue weighted by Gasteiger charge is 2.29. The van der Waals surface area contributed by atoms with Crippen LogP contribution in [-0.2, 0) is 4.74 Å². The van der Waals surface area contributed by atoms with E-state index in [0.717, 1.165) is 23.9 Å². The fraction of sp³-hybridized carbons (Fsp3) is 0.278. The highest BCUT2D eigenvalue weighted by molar-refractivity contribution is 6.04. The molecule has 2 atom stereocenters. The van der Waals surface area contributed by atoms with Crippen LogP contribution in [0.25, 0.3) is 11.0 Å². The standard InChI is InChI=1S/C18H18N4O2/c23-18(13-3-1-4-14-16(13)21-11-20-14)22-15-5-2-10-24-17(15)12-6-8-19-9-7-12/h1,3-4,6-9,11,15,17H,2,5,10H2,(H,20,21)(H,22,23)/t15-,17+/m0/s1. The first kappa shape index (κ1) is 14.8. The third kappa shape index (κ3) is 2.76. The van der Waals surface area contributed by atoms with Crippen molar-refractivity contribution in [3.05, 3.63) is 60.2 Å². The number of carbonyl (C=O) groups excluding carboxylic acids is 1. The summed E-state index contributed by atoms with van der Waals surface area (Å²) < 4.78 is 5.92. The van der Waals surface area contributed by atoms with E-state index in [1.165, 1.54) is 0 Å². The third-order valence-corrected chi connectivity index (χ3v) is 4.37. The number of ether oxygens (including phenoxy) is 1. The predicted octanol–water partition coefficient (Wildman–Crippen LogP) is 2.61. The highest BCUT2D eigenvalue weighted by atomic mass is 16.5. The number of para-hydroxylation sites is 1. The van der Waals surface area contributed by atoms with Crippen LogP contribution in [0.5, 0.6) is 0 Å². The van der Waals surface area contributed by atoms with Crippen LogP contribution in [0.15, 0.2) is 49.1 Å². The van der Waals surface area contributed by atoms with Gasteiger partial charge in [0.15, 0.2) is 0 Å². The SMILES string of the molecule is O=C(N[C@H]1CCCO[C@@H]1c1ccncc1)c1cccc2[nH]cnc12. The normalized spacial score (nSPS) is 20.8. The lowest BCUT2D eigenvalue weighted by molar-refractivity contribution is -0.00948. The number of hydrogen-bond acceptors (Lipinski definition) is 4. The maximum atomic E-state index is 12.8. The molecular weight excluding hydrogens is 304 g/mol. The zero-order chi connectivity index (χ0) is 16.4. The van der Waals surface area contributed by atoms with Gasteiger partial charge in [0.2, 0.25) is 0 Å².